The van der Waals surface area contributed by atoms with Gasteiger partial charge in [-0.1, -0.05) is 98.8 Å². The van der Waals surface area contributed by atoms with Crippen molar-refractivity contribution in [3.63, 3.8) is 0 Å². The van der Waals surface area contributed by atoms with E-state index in [1.54, 1.807) is 0 Å². The summed E-state index contributed by atoms with van der Waals surface area (Å²) in [7, 11) is 0. The van der Waals surface area contributed by atoms with E-state index < -0.39 is 0 Å². The first-order valence-electron chi connectivity index (χ1n) is 17.3. The van der Waals surface area contributed by atoms with Gasteiger partial charge in [0.25, 0.3) is 11.8 Å². The van der Waals surface area contributed by atoms with Crippen molar-refractivity contribution in [3.05, 3.63) is 131 Å². The van der Waals surface area contributed by atoms with Crippen molar-refractivity contribution in [2.24, 2.45) is 0 Å². The zero-order chi connectivity index (χ0) is 33.7. The molecular weight excluding hydrogens is 606 g/mol. The van der Waals surface area contributed by atoms with Crippen molar-refractivity contribution in [2.45, 2.75) is 26.7 Å². The average Bonchev–Trinajstić information content (AvgIpc) is 3.17. The monoisotopic (exact) mass is 647 g/mol. The topological polar surface area (TPSA) is 78.4 Å². The number of pyridine rings is 2. The molecule has 2 amide bonds. The van der Waals surface area contributed by atoms with Crippen LogP contribution in [0.5, 0.6) is 0 Å². The summed E-state index contributed by atoms with van der Waals surface area (Å²) in [6, 6.07) is 36.3. The number of hydrogen-bond acceptors (Lipinski definition) is 5. The number of rotatable bonds is 9. The van der Waals surface area contributed by atoms with Gasteiger partial charge in [0, 0.05) is 61.2 Å². The second-order valence-electron chi connectivity index (χ2n) is 12.6. The van der Waals surface area contributed by atoms with Crippen molar-refractivity contribution in [3.8, 4) is 22.5 Å². The number of carbonyl (C=O) groups is 2. The summed E-state index contributed by atoms with van der Waals surface area (Å²) in [5, 5.41) is 4.86. The highest BCUT2D eigenvalue weighted by atomic mass is 16.2. The van der Waals surface area contributed by atoms with E-state index in [-0.39, 0.29) is 11.8 Å². The summed E-state index contributed by atoms with van der Waals surface area (Å²) in [4.78, 5) is 41.5. The third-order valence-electron chi connectivity index (χ3n) is 9.60. The number of amides is 2. The summed E-state index contributed by atoms with van der Waals surface area (Å²) in [5.74, 6) is -0.0776. The predicted molar refractivity (Wildman–Crippen MR) is 198 cm³/mol. The van der Waals surface area contributed by atoms with Gasteiger partial charge in [0.15, 0.2) is 0 Å². The first kappa shape index (κ1) is 32.2. The Hall–Kier alpha value is -5.40. The number of carbonyl (C=O) groups excluding carboxylic acids is 2. The highest BCUT2D eigenvalue weighted by Gasteiger charge is 2.24. The van der Waals surface area contributed by atoms with Gasteiger partial charge in [-0.3, -0.25) is 14.5 Å². The molecule has 0 aliphatic carbocycles. The zero-order valence-electron chi connectivity index (χ0n) is 28.2. The standard InChI is InChI=1S/C42H41N5O2/c1-3-29-13-17-31(18-14-29)39-27-35(33-9-5-7-11-37(33)44-39)41(48)43-21-22-46-23-25-47(26-24-46)42(49)36-28-40(32-19-15-30(4-2)16-20-32)45-38-12-8-6-10-34(36)38/h5-20,27-28H,3-4,21-26H2,1-2H3,(H,43,48). The Labute approximate surface area is 287 Å². The number of nitrogens with one attached hydrogen (secondary N) is 1. The molecular formula is C42H41N5O2. The van der Waals surface area contributed by atoms with E-state index in [1.165, 1.54) is 11.1 Å². The van der Waals surface area contributed by atoms with Gasteiger partial charge in [0.1, 0.15) is 0 Å². The number of nitrogens with zero attached hydrogens (tertiary/aromatic N) is 4. The molecule has 7 nitrogen and oxygen atoms in total. The summed E-state index contributed by atoms with van der Waals surface area (Å²) in [6.45, 7) is 8.23. The molecule has 0 atom stereocenters. The van der Waals surface area contributed by atoms with Crippen molar-refractivity contribution >= 4 is 33.6 Å². The molecule has 246 valence electrons. The van der Waals surface area contributed by atoms with Gasteiger partial charge < -0.3 is 10.2 Å². The molecule has 7 heteroatoms. The molecule has 1 fully saturated rings. The highest BCUT2D eigenvalue weighted by Crippen LogP contribution is 2.28. The van der Waals surface area contributed by atoms with Gasteiger partial charge in [-0.2, -0.15) is 0 Å². The van der Waals surface area contributed by atoms with Crippen molar-refractivity contribution < 1.29 is 9.59 Å². The van der Waals surface area contributed by atoms with Gasteiger partial charge >= 0.3 is 0 Å². The number of aromatic nitrogens is 2. The number of piperazine rings is 1. The van der Waals surface area contributed by atoms with Gasteiger partial charge in [-0.15, -0.1) is 0 Å². The molecule has 1 saturated heterocycles. The number of hydrogen-bond donors (Lipinski definition) is 1. The Morgan fingerprint density at radius 1 is 0.633 bits per heavy atom. The van der Waals surface area contributed by atoms with Crippen LogP contribution in [0.15, 0.2) is 109 Å². The van der Waals surface area contributed by atoms with Crippen LogP contribution in [0.3, 0.4) is 0 Å². The van der Waals surface area contributed by atoms with Crippen molar-refractivity contribution in [1.29, 1.82) is 0 Å². The lowest BCUT2D eigenvalue weighted by atomic mass is 10.0. The van der Waals surface area contributed by atoms with E-state index >= 15 is 0 Å². The molecule has 0 radical (unpaired) electrons. The Morgan fingerprint density at radius 3 is 1.65 bits per heavy atom. The summed E-state index contributed by atoms with van der Waals surface area (Å²) < 4.78 is 0. The SMILES string of the molecule is CCc1ccc(-c2cc(C(=O)NCCN3CCN(C(=O)c4cc(-c5ccc(CC)cc5)nc5ccccc45)CC3)c3ccccc3n2)cc1. The van der Waals surface area contributed by atoms with Crippen LogP contribution < -0.4 is 5.32 Å². The van der Waals surface area contributed by atoms with Crippen LogP contribution in [0.2, 0.25) is 0 Å². The maximum absolute atomic E-state index is 14.0. The van der Waals surface area contributed by atoms with E-state index in [1.807, 2.05) is 65.6 Å². The van der Waals surface area contributed by atoms with Crippen molar-refractivity contribution in [1.82, 2.24) is 25.1 Å². The van der Waals surface area contributed by atoms with Crippen LogP contribution >= 0.6 is 0 Å². The summed E-state index contributed by atoms with van der Waals surface area (Å²) in [6.07, 6.45) is 1.95. The van der Waals surface area contributed by atoms with Crippen LogP contribution in [0.4, 0.5) is 0 Å². The Bertz CT molecular complexity index is 2110. The maximum atomic E-state index is 14.0. The fraction of sp³-hybridized carbons (Fsp3) is 0.238. The van der Waals surface area contributed by atoms with Crippen LogP contribution in [-0.4, -0.2) is 70.9 Å². The first-order valence-corrected chi connectivity index (χ1v) is 17.3. The number of benzene rings is 4. The molecule has 0 unspecified atom stereocenters. The quantitative estimate of drug-likeness (QED) is 0.177. The third-order valence-corrected chi connectivity index (χ3v) is 9.60. The minimum absolute atomic E-state index is 0.0303. The van der Waals surface area contributed by atoms with Gasteiger partial charge in [-0.25, -0.2) is 9.97 Å². The molecule has 2 aromatic heterocycles. The van der Waals surface area contributed by atoms with Crippen LogP contribution in [-0.2, 0) is 12.8 Å². The molecule has 0 saturated carbocycles. The van der Waals surface area contributed by atoms with Gasteiger partial charge in [-0.05, 0) is 48.2 Å². The lowest BCUT2D eigenvalue weighted by Gasteiger charge is -2.35. The molecule has 1 aliphatic rings. The van der Waals surface area contributed by atoms with Gasteiger partial charge in [0.2, 0.25) is 0 Å². The lowest BCUT2D eigenvalue weighted by molar-refractivity contribution is 0.0640. The fourth-order valence-electron chi connectivity index (χ4n) is 6.60. The van der Waals surface area contributed by atoms with E-state index in [4.69, 9.17) is 9.97 Å². The second-order valence-corrected chi connectivity index (χ2v) is 12.6. The summed E-state index contributed by atoms with van der Waals surface area (Å²) in [5.41, 5.74) is 9.06. The van der Waals surface area contributed by atoms with E-state index in [2.05, 4.69) is 72.6 Å². The lowest BCUT2D eigenvalue weighted by Crippen LogP contribution is -2.50. The molecule has 0 spiro atoms. The second kappa shape index (κ2) is 14.4. The van der Waals surface area contributed by atoms with Crippen LogP contribution in [0.1, 0.15) is 45.7 Å². The molecule has 7 rings (SSSR count). The number of para-hydroxylation sites is 2. The molecule has 49 heavy (non-hydrogen) atoms. The normalized spacial score (nSPS) is 13.6. The Kier molecular flexibility index (Phi) is 9.44. The third kappa shape index (κ3) is 6.94. The summed E-state index contributed by atoms with van der Waals surface area (Å²) >= 11 is 0. The zero-order valence-corrected chi connectivity index (χ0v) is 28.2. The average molecular weight is 648 g/mol. The Balaban J connectivity index is 0.998. The van der Waals surface area contributed by atoms with E-state index in [0.29, 0.717) is 37.3 Å². The van der Waals surface area contributed by atoms with Gasteiger partial charge in [0.05, 0.1) is 33.5 Å². The minimum Gasteiger partial charge on any atom is -0.351 e. The predicted octanol–water partition coefficient (Wildman–Crippen LogP) is 7.43. The number of fused-ring (bicyclic) bond motifs is 2. The first-order chi connectivity index (χ1) is 24.0. The van der Waals surface area contributed by atoms with Crippen molar-refractivity contribution in [2.75, 3.05) is 39.3 Å². The highest BCUT2D eigenvalue weighted by molar-refractivity contribution is 6.08. The molecule has 0 bridgehead atoms. The number of aryl methyl sites for hydroxylation is 2. The molecule has 4 aromatic carbocycles. The molecule has 6 aromatic rings. The largest absolute Gasteiger partial charge is 0.351 e. The Morgan fingerprint density at radius 2 is 1.12 bits per heavy atom. The van der Waals surface area contributed by atoms with E-state index in [9.17, 15) is 9.59 Å². The van der Waals surface area contributed by atoms with Crippen LogP contribution in [0, 0.1) is 0 Å². The van der Waals surface area contributed by atoms with E-state index in [0.717, 1.165) is 70.3 Å². The minimum atomic E-state index is -0.108. The fourth-order valence-corrected chi connectivity index (χ4v) is 6.60. The molecule has 3 heterocycles. The maximum Gasteiger partial charge on any atom is 0.254 e. The smallest absolute Gasteiger partial charge is 0.254 e. The molecule has 1 aliphatic heterocycles. The molecule has 1 N–H and O–H groups in total. The van der Waals surface area contributed by atoms with Crippen LogP contribution in [0.25, 0.3) is 44.3 Å².